The number of hydrogen-bond donors (Lipinski definition) is 0. The van der Waals surface area contributed by atoms with E-state index in [-0.39, 0.29) is 5.41 Å². The molecule has 14 rings (SSSR count). The summed E-state index contributed by atoms with van der Waals surface area (Å²) in [6.45, 7) is 0. The van der Waals surface area contributed by atoms with Crippen molar-refractivity contribution in [3.63, 3.8) is 0 Å². The molecule has 5 aliphatic rings. The predicted molar refractivity (Wildman–Crippen MR) is 231 cm³/mol. The quantitative estimate of drug-likeness (QED) is 0.181. The van der Waals surface area contributed by atoms with Crippen LogP contribution in [-0.2, 0) is 5.41 Å². The maximum absolute atomic E-state index is 5.21. The van der Waals surface area contributed by atoms with Gasteiger partial charge in [0, 0.05) is 27.3 Å². The van der Waals surface area contributed by atoms with Gasteiger partial charge in [0.25, 0.3) is 0 Å². The second-order valence-electron chi connectivity index (χ2n) is 17.2. The maximum Gasteiger partial charge on any atom is 0.238 e. The van der Waals surface area contributed by atoms with Gasteiger partial charge < -0.3 is 0 Å². The van der Waals surface area contributed by atoms with Gasteiger partial charge in [-0.1, -0.05) is 133 Å². The molecule has 0 saturated heterocycles. The van der Waals surface area contributed by atoms with Crippen LogP contribution in [0.15, 0.2) is 158 Å². The number of fused-ring (bicyclic) bond motifs is 8. The Balaban J connectivity index is 1.03. The van der Waals surface area contributed by atoms with Gasteiger partial charge in [0.1, 0.15) is 0 Å². The molecule has 0 amide bonds. The first-order valence-corrected chi connectivity index (χ1v) is 20.8. The Hall–Kier alpha value is -6.39. The lowest BCUT2D eigenvalue weighted by Gasteiger charge is -2.61. The highest BCUT2D eigenvalue weighted by atomic mass is 15.2. The maximum atomic E-state index is 5.21. The second-order valence-corrected chi connectivity index (χ2v) is 17.2. The van der Waals surface area contributed by atoms with Gasteiger partial charge in [0.2, 0.25) is 5.95 Å². The van der Waals surface area contributed by atoms with Crippen molar-refractivity contribution in [1.29, 1.82) is 0 Å². The van der Waals surface area contributed by atoms with Crippen molar-refractivity contribution in [3.8, 4) is 51.0 Å². The molecule has 57 heavy (non-hydrogen) atoms. The molecule has 0 radical (unpaired) electrons. The van der Waals surface area contributed by atoms with Crippen LogP contribution in [0.2, 0.25) is 0 Å². The zero-order valence-corrected chi connectivity index (χ0v) is 31.6. The molecule has 2 aromatic heterocycles. The average molecular weight is 733 g/mol. The molecule has 0 unspecified atom stereocenters. The molecular weight excluding hydrogens is 693 g/mol. The summed E-state index contributed by atoms with van der Waals surface area (Å²) in [7, 11) is 0. The summed E-state index contributed by atoms with van der Waals surface area (Å²) in [5, 5.41) is 4.85. The van der Waals surface area contributed by atoms with Gasteiger partial charge in [0.15, 0.2) is 11.6 Å². The highest BCUT2D eigenvalue weighted by Gasteiger charge is 2.61. The van der Waals surface area contributed by atoms with Gasteiger partial charge in [0.05, 0.1) is 11.0 Å². The van der Waals surface area contributed by atoms with Crippen LogP contribution >= 0.6 is 0 Å². The van der Waals surface area contributed by atoms with Crippen molar-refractivity contribution in [2.45, 2.75) is 37.5 Å². The molecule has 2 heterocycles. The van der Waals surface area contributed by atoms with E-state index in [0.717, 1.165) is 45.8 Å². The van der Waals surface area contributed by atoms with Crippen LogP contribution in [0.3, 0.4) is 0 Å². The van der Waals surface area contributed by atoms with Crippen LogP contribution in [-0.4, -0.2) is 19.5 Å². The molecule has 5 aliphatic carbocycles. The van der Waals surface area contributed by atoms with Crippen LogP contribution in [0, 0.1) is 23.7 Å². The normalized spacial score (nSPS) is 22.8. The summed E-state index contributed by atoms with van der Waals surface area (Å²) in [5.74, 6) is 5.32. The minimum Gasteiger partial charge on any atom is -0.278 e. The molecule has 4 bridgehead atoms. The Morgan fingerprint density at radius 3 is 1.77 bits per heavy atom. The first-order valence-electron chi connectivity index (χ1n) is 20.8. The first kappa shape index (κ1) is 31.8. The van der Waals surface area contributed by atoms with Crippen molar-refractivity contribution in [3.05, 3.63) is 169 Å². The largest absolute Gasteiger partial charge is 0.278 e. The third-order valence-electron chi connectivity index (χ3n) is 14.4. The van der Waals surface area contributed by atoms with Crippen LogP contribution < -0.4 is 0 Å². The fourth-order valence-corrected chi connectivity index (χ4v) is 12.4. The number of hydrogen-bond acceptors (Lipinski definition) is 3. The highest BCUT2D eigenvalue weighted by Crippen LogP contribution is 2.69. The molecule has 4 saturated carbocycles. The lowest BCUT2D eigenvalue weighted by atomic mass is 9.43. The Morgan fingerprint density at radius 1 is 0.439 bits per heavy atom. The zero-order chi connectivity index (χ0) is 37.2. The van der Waals surface area contributed by atoms with E-state index in [1.165, 1.54) is 75.9 Å². The van der Waals surface area contributed by atoms with Crippen LogP contribution in [0.25, 0.3) is 83.6 Å². The van der Waals surface area contributed by atoms with E-state index >= 15 is 0 Å². The van der Waals surface area contributed by atoms with E-state index in [1.54, 1.807) is 11.1 Å². The van der Waals surface area contributed by atoms with E-state index in [4.69, 9.17) is 15.0 Å². The summed E-state index contributed by atoms with van der Waals surface area (Å²) in [5.41, 5.74) is 12.9. The predicted octanol–water partition coefficient (Wildman–Crippen LogP) is 12.8. The Bertz CT molecular complexity index is 3000. The molecule has 4 fully saturated rings. The zero-order valence-electron chi connectivity index (χ0n) is 31.6. The minimum absolute atomic E-state index is 0.177. The molecule has 0 atom stereocenters. The smallest absolute Gasteiger partial charge is 0.238 e. The molecule has 7 aromatic carbocycles. The molecule has 1 spiro atoms. The monoisotopic (exact) mass is 732 g/mol. The lowest BCUT2D eigenvalue weighted by molar-refractivity contribution is -0.0399. The van der Waals surface area contributed by atoms with Crippen molar-refractivity contribution in [2.24, 2.45) is 23.7 Å². The van der Waals surface area contributed by atoms with Crippen LogP contribution in [0.1, 0.15) is 43.2 Å². The number of benzene rings is 7. The standard InChI is InChI=1S/C53H40N4/c1-3-12-35(13-4-1)50-54-51(36-14-5-2-6-15-36)56-52(55-50)57-47-23-21-38(31-44(47)49-41-16-8-7-11-34(41)20-24-48(49)57)37-19-22-46-43(30-37)42-17-9-10-18-45(42)53(46)39-26-32-25-33(28-39)29-40(53)27-32/h1-24,30-33,39-40H,25-29H2. The van der Waals surface area contributed by atoms with Gasteiger partial charge >= 0.3 is 0 Å². The van der Waals surface area contributed by atoms with Gasteiger partial charge in [-0.3, -0.25) is 4.57 Å². The summed E-state index contributed by atoms with van der Waals surface area (Å²) >= 11 is 0. The van der Waals surface area contributed by atoms with Gasteiger partial charge in [-0.2, -0.15) is 9.97 Å². The van der Waals surface area contributed by atoms with E-state index < -0.39 is 0 Å². The number of rotatable bonds is 4. The Morgan fingerprint density at radius 2 is 1.04 bits per heavy atom. The van der Waals surface area contributed by atoms with E-state index in [1.807, 2.05) is 36.4 Å². The fourth-order valence-electron chi connectivity index (χ4n) is 12.4. The van der Waals surface area contributed by atoms with E-state index in [0.29, 0.717) is 17.6 Å². The first-order chi connectivity index (χ1) is 28.2. The van der Waals surface area contributed by atoms with Gasteiger partial charge in [-0.25, -0.2) is 4.98 Å². The van der Waals surface area contributed by atoms with Crippen molar-refractivity contribution >= 4 is 32.6 Å². The van der Waals surface area contributed by atoms with E-state index in [9.17, 15) is 0 Å². The Kier molecular flexibility index (Phi) is 6.59. The molecule has 9 aromatic rings. The summed E-state index contributed by atoms with van der Waals surface area (Å²) in [4.78, 5) is 15.4. The molecule has 4 heteroatoms. The summed E-state index contributed by atoms with van der Waals surface area (Å²) < 4.78 is 2.25. The fraction of sp³-hybridized carbons (Fsp3) is 0.189. The lowest BCUT2D eigenvalue weighted by Crippen LogP contribution is -2.55. The van der Waals surface area contributed by atoms with Gasteiger partial charge in [-0.05, 0) is 124 Å². The SMILES string of the molecule is c1ccc(-c2nc(-c3ccccc3)nc(-n3c4ccc(-c5ccc6c(c5)-c5ccccc5C65C6CC7CC(C6)CC5C7)cc4c4c5ccccc5ccc43)n2)cc1. The molecule has 272 valence electrons. The molecular formula is C53H40N4. The van der Waals surface area contributed by atoms with Crippen LogP contribution in [0.5, 0.6) is 0 Å². The molecule has 0 aliphatic heterocycles. The molecule has 4 nitrogen and oxygen atoms in total. The van der Waals surface area contributed by atoms with Crippen molar-refractivity contribution in [2.75, 3.05) is 0 Å². The van der Waals surface area contributed by atoms with Crippen molar-refractivity contribution < 1.29 is 0 Å². The number of aromatic nitrogens is 4. The average Bonchev–Trinajstić information content (AvgIpc) is 3.76. The number of nitrogens with zero attached hydrogens (tertiary/aromatic N) is 4. The summed E-state index contributed by atoms with van der Waals surface area (Å²) in [6, 6.07) is 57.6. The second kappa shape index (κ2) is 11.8. The van der Waals surface area contributed by atoms with E-state index in [2.05, 4.69) is 126 Å². The third kappa shape index (κ3) is 4.47. The minimum atomic E-state index is 0.177. The summed E-state index contributed by atoms with van der Waals surface area (Å²) in [6.07, 6.45) is 7.08. The Labute approximate surface area is 331 Å². The third-order valence-corrected chi connectivity index (χ3v) is 14.4. The van der Waals surface area contributed by atoms with Gasteiger partial charge in [-0.15, -0.1) is 0 Å². The highest BCUT2D eigenvalue weighted by molar-refractivity contribution is 6.21. The van der Waals surface area contributed by atoms with Crippen LogP contribution in [0.4, 0.5) is 0 Å². The molecule has 0 N–H and O–H groups in total. The van der Waals surface area contributed by atoms with Crippen molar-refractivity contribution in [1.82, 2.24) is 19.5 Å². The topological polar surface area (TPSA) is 43.6 Å².